The van der Waals surface area contributed by atoms with E-state index in [-0.39, 0.29) is 17.1 Å². The van der Waals surface area contributed by atoms with E-state index in [1.165, 1.54) is 33.9 Å². The van der Waals surface area contributed by atoms with E-state index in [9.17, 15) is 19.2 Å². The van der Waals surface area contributed by atoms with Gasteiger partial charge in [-0.3, -0.25) is 14.4 Å². The molecule has 166 valence electrons. The van der Waals surface area contributed by atoms with Crippen LogP contribution in [0, 0.1) is 5.92 Å². The normalized spacial score (nSPS) is 16.5. The van der Waals surface area contributed by atoms with Crippen LogP contribution in [0.3, 0.4) is 0 Å². The van der Waals surface area contributed by atoms with Crippen LogP contribution in [0.25, 0.3) is 0 Å². The maximum atomic E-state index is 12.8. The van der Waals surface area contributed by atoms with E-state index in [1.54, 1.807) is 30.3 Å². The highest BCUT2D eigenvalue weighted by Gasteiger charge is 2.29. The molecule has 1 N–H and O–H groups in total. The molecule has 0 spiro atoms. The number of fused-ring (bicyclic) bond motifs is 3. The first-order valence-electron chi connectivity index (χ1n) is 10.8. The lowest BCUT2D eigenvalue weighted by Gasteiger charge is -2.18. The SMILES string of the molecule is CC1CCc2sc(C(=O)OCC(=O)Nc3ccc4c(c3)C(=O)c3ccccc3C4=O)cc2C1. The predicted octanol–water partition coefficient (Wildman–Crippen LogP) is 4.44. The molecule has 3 aromatic rings. The van der Waals surface area contributed by atoms with Crippen molar-refractivity contribution in [2.75, 3.05) is 11.9 Å². The summed E-state index contributed by atoms with van der Waals surface area (Å²) >= 11 is 1.44. The fraction of sp³-hybridized carbons (Fsp3) is 0.231. The number of hydrogen-bond acceptors (Lipinski definition) is 6. The minimum absolute atomic E-state index is 0.222. The predicted molar refractivity (Wildman–Crippen MR) is 124 cm³/mol. The Kier molecular flexibility index (Phi) is 5.42. The fourth-order valence-corrected chi connectivity index (χ4v) is 5.49. The van der Waals surface area contributed by atoms with Gasteiger partial charge in [-0.15, -0.1) is 11.3 Å². The molecule has 2 aromatic carbocycles. The highest BCUT2D eigenvalue weighted by molar-refractivity contribution is 7.14. The summed E-state index contributed by atoms with van der Waals surface area (Å²) in [4.78, 5) is 52.0. The van der Waals surface area contributed by atoms with Crippen LogP contribution in [0.5, 0.6) is 0 Å². The Bertz CT molecular complexity index is 1320. The van der Waals surface area contributed by atoms with Gasteiger partial charge in [0.1, 0.15) is 4.88 Å². The van der Waals surface area contributed by atoms with Crippen molar-refractivity contribution in [3.63, 3.8) is 0 Å². The van der Waals surface area contributed by atoms with Gasteiger partial charge in [-0.05, 0) is 55.0 Å². The van der Waals surface area contributed by atoms with E-state index in [1.807, 2.05) is 6.07 Å². The van der Waals surface area contributed by atoms with Gasteiger partial charge in [-0.2, -0.15) is 0 Å². The Balaban J connectivity index is 1.24. The number of aryl methyl sites for hydroxylation is 1. The molecule has 5 rings (SSSR count). The van der Waals surface area contributed by atoms with Crippen LogP contribution in [0.15, 0.2) is 48.5 Å². The Morgan fingerprint density at radius 2 is 1.70 bits per heavy atom. The van der Waals surface area contributed by atoms with Crippen molar-refractivity contribution < 1.29 is 23.9 Å². The van der Waals surface area contributed by atoms with Crippen molar-refractivity contribution >= 4 is 40.5 Å². The lowest BCUT2D eigenvalue weighted by molar-refractivity contribution is -0.119. The van der Waals surface area contributed by atoms with Crippen molar-refractivity contribution in [2.24, 2.45) is 5.92 Å². The Labute approximate surface area is 194 Å². The third-order valence-corrected chi connectivity index (χ3v) is 7.29. The third kappa shape index (κ3) is 4.00. The average Bonchev–Trinajstić information content (AvgIpc) is 3.24. The van der Waals surface area contributed by atoms with Crippen molar-refractivity contribution in [1.29, 1.82) is 0 Å². The molecular weight excluding hydrogens is 438 g/mol. The summed E-state index contributed by atoms with van der Waals surface area (Å²) < 4.78 is 5.20. The number of anilines is 1. The Morgan fingerprint density at radius 1 is 1.00 bits per heavy atom. The number of rotatable bonds is 4. The van der Waals surface area contributed by atoms with E-state index in [2.05, 4.69) is 12.2 Å². The molecule has 1 amide bonds. The summed E-state index contributed by atoms with van der Waals surface area (Å²) in [5.74, 6) is -0.916. The smallest absolute Gasteiger partial charge is 0.348 e. The van der Waals surface area contributed by atoms with Gasteiger partial charge < -0.3 is 10.1 Å². The number of hydrogen-bond donors (Lipinski definition) is 1. The van der Waals surface area contributed by atoms with Crippen molar-refractivity contribution in [2.45, 2.75) is 26.2 Å². The molecule has 0 fully saturated rings. The summed E-state index contributed by atoms with van der Waals surface area (Å²) in [6.45, 7) is 1.76. The molecular formula is C26H21NO5S. The van der Waals surface area contributed by atoms with Gasteiger partial charge in [0.2, 0.25) is 0 Å². The number of esters is 1. The molecule has 1 unspecified atom stereocenters. The van der Waals surface area contributed by atoms with Crippen molar-refractivity contribution in [1.82, 2.24) is 0 Å². The molecule has 0 bridgehead atoms. The minimum atomic E-state index is -0.520. The molecule has 7 heteroatoms. The molecule has 0 aliphatic heterocycles. The van der Waals surface area contributed by atoms with Crippen LogP contribution in [0.2, 0.25) is 0 Å². The molecule has 6 nitrogen and oxygen atoms in total. The fourth-order valence-electron chi connectivity index (χ4n) is 4.38. The zero-order chi connectivity index (χ0) is 23.1. The number of nitrogens with one attached hydrogen (secondary N) is 1. The summed E-state index contributed by atoms with van der Waals surface area (Å²) in [5, 5.41) is 2.64. The molecule has 1 aromatic heterocycles. The van der Waals surface area contributed by atoms with Gasteiger partial charge in [0.25, 0.3) is 5.91 Å². The van der Waals surface area contributed by atoms with Crippen molar-refractivity contribution in [3.8, 4) is 0 Å². The number of benzene rings is 2. The molecule has 0 saturated heterocycles. The zero-order valence-electron chi connectivity index (χ0n) is 18.0. The second-order valence-electron chi connectivity index (χ2n) is 8.50. The van der Waals surface area contributed by atoms with E-state index in [0.29, 0.717) is 33.2 Å². The highest BCUT2D eigenvalue weighted by Crippen LogP contribution is 2.32. The van der Waals surface area contributed by atoms with Gasteiger partial charge in [0.05, 0.1) is 0 Å². The Hall–Kier alpha value is -3.58. The van der Waals surface area contributed by atoms with Gasteiger partial charge >= 0.3 is 5.97 Å². The van der Waals surface area contributed by atoms with Gasteiger partial charge in [0.15, 0.2) is 18.2 Å². The molecule has 0 radical (unpaired) electrons. The number of ether oxygens (including phenoxy) is 1. The van der Waals surface area contributed by atoms with Crippen LogP contribution in [0.4, 0.5) is 5.69 Å². The monoisotopic (exact) mass is 459 g/mol. The van der Waals surface area contributed by atoms with Gasteiger partial charge in [0, 0.05) is 32.8 Å². The minimum Gasteiger partial charge on any atom is -0.451 e. The van der Waals surface area contributed by atoms with E-state index in [0.717, 1.165) is 19.3 Å². The van der Waals surface area contributed by atoms with Crippen LogP contribution in [-0.2, 0) is 22.4 Å². The summed E-state index contributed by atoms with van der Waals surface area (Å²) in [7, 11) is 0. The second kappa shape index (κ2) is 8.41. The van der Waals surface area contributed by atoms with Crippen molar-refractivity contribution in [3.05, 3.63) is 86.1 Å². The summed E-state index contributed by atoms with van der Waals surface area (Å²) in [5.41, 5.74) is 2.83. The lowest BCUT2D eigenvalue weighted by Crippen LogP contribution is -2.23. The molecule has 2 aliphatic carbocycles. The molecule has 1 heterocycles. The molecule has 2 aliphatic rings. The van der Waals surface area contributed by atoms with E-state index in [4.69, 9.17) is 4.74 Å². The van der Waals surface area contributed by atoms with Crippen LogP contribution >= 0.6 is 11.3 Å². The summed E-state index contributed by atoms with van der Waals surface area (Å²) in [6, 6.07) is 13.1. The first-order chi connectivity index (χ1) is 15.9. The quantitative estimate of drug-likeness (QED) is 0.456. The number of carbonyl (C=O) groups is 4. The topological polar surface area (TPSA) is 89.5 Å². The lowest BCUT2D eigenvalue weighted by atomic mass is 9.84. The number of amides is 1. The molecule has 1 atom stereocenters. The van der Waals surface area contributed by atoms with E-state index < -0.39 is 18.5 Å². The van der Waals surface area contributed by atoms with Gasteiger partial charge in [-0.25, -0.2) is 4.79 Å². The first-order valence-corrected chi connectivity index (χ1v) is 11.6. The van der Waals surface area contributed by atoms with Crippen LogP contribution < -0.4 is 5.32 Å². The van der Waals surface area contributed by atoms with Crippen LogP contribution in [0.1, 0.15) is 65.3 Å². The number of carbonyl (C=O) groups excluding carboxylic acids is 4. The molecule has 0 saturated carbocycles. The maximum Gasteiger partial charge on any atom is 0.348 e. The largest absolute Gasteiger partial charge is 0.451 e. The molecule has 33 heavy (non-hydrogen) atoms. The second-order valence-corrected chi connectivity index (χ2v) is 9.63. The number of thiophene rings is 1. The third-order valence-electron chi connectivity index (χ3n) is 6.07. The van der Waals surface area contributed by atoms with Gasteiger partial charge in [-0.1, -0.05) is 31.2 Å². The van der Waals surface area contributed by atoms with Crippen LogP contribution in [-0.4, -0.2) is 30.0 Å². The first kappa shape index (κ1) is 21.3. The highest BCUT2D eigenvalue weighted by atomic mass is 32.1. The zero-order valence-corrected chi connectivity index (χ0v) is 18.8. The Morgan fingerprint density at radius 3 is 2.45 bits per heavy atom. The standard InChI is InChI=1S/C26H21NO5S/c1-14-6-9-21-15(10-14)11-22(33-21)26(31)32-13-23(28)27-16-7-8-19-20(12-16)25(30)18-5-3-2-4-17(18)24(19)29/h2-5,7-8,11-12,14H,6,9-10,13H2,1H3,(H,27,28). The van der Waals surface area contributed by atoms with E-state index >= 15 is 0 Å². The number of ketones is 2. The summed E-state index contributed by atoms with van der Waals surface area (Å²) in [6.07, 6.45) is 3.05. The average molecular weight is 460 g/mol. The maximum absolute atomic E-state index is 12.8.